The standard InChI is InChI=1S/C15H22N6O2/c1-18(7-8-20-5-3-4-6-20)13(22)10-21-11-16-14-12(15(21)23)9-17-19(14)2/h9,11H,3-8,10H2,1-2H3. The van der Waals surface area contributed by atoms with Crippen LogP contribution in [0, 0.1) is 0 Å². The number of rotatable bonds is 5. The van der Waals surface area contributed by atoms with Crippen LogP contribution in [0.1, 0.15) is 12.8 Å². The average Bonchev–Trinajstić information content (AvgIpc) is 3.18. The fourth-order valence-corrected chi connectivity index (χ4v) is 2.87. The highest BCUT2D eigenvalue weighted by atomic mass is 16.2. The molecule has 0 aromatic carbocycles. The van der Waals surface area contributed by atoms with Crippen LogP contribution >= 0.6 is 0 Å². The molecule has 0 spiro atoms. The minimum absolute atomic E-state index is 0.00711. The van der Waals surface area contributed by atoms with Crippen LogP contribution in [-0.4, -0.2) is 68.3 Å². The molecule has 8 heteroatoms. The van der Waals surface area contributed by atoms with E-state index in [0.717, 1.165) is 19.6 Å². The number of carbonyl (C=O) groups excluding carboxylic acids is 1. The zero-order valence-electron chi connectivity index (χ0n) is 13.6. The molecule has 23 heavy (non-hydrogen) atoms. The first-order chi connectivity index (χ1) is 11.1. The monoisotopic (exact) mass is 318 g/mol. The second-order valence-corrected chi connectivity index (χ2v) is 6.05. The summed E-state index contributed by atoms with van der Waals surface area (Å²) < 4.78 is 2.89. The third kappa shape index (κ3) is 3.26. The summed E-state index contributed by atoms with van der Waals surface area (Å²) in [5, 5.41) is 4.46. The van der Waals surface area contributed by atoms with Crippen molar-refractivity contribution in [1.29, 1.82) is 0 Å². The number of fused-ring (bicyclic) bond motifs is 1. The minimum Gasteiger partial charge on any atom is -0.343 e. The van der Waals surface area contributed by atoms with E-state index >= 15 is 0 Å². The first kappa shape index (κ1) is 15.7. The molecule has 124 valence electrons. The summed E-state index contributed by atoms with van der Waals surface area (Å²) >= 11 is 0. The normalized spacial score (nSPS) is 15.4. The summed E-state index contributed by atoms with van der Waals surface area (Å²) in [6, 6.07) is 0. The van der Waals surface area contributed by atoms with Gasteiger partial charge in [0, 0.05) is 27.2 Å². The third-order valence-electron chi connectivity index (χ3n) is 4.40. The van der Waals surface area contributed by atoms with Gasteiger partial charge in [0.1, 0.15) is 18.3 Å². The quantitative estimate of drug-likeness (QED) is 0.755. The van der Waals surface area contributed by atoms with Gasteiger partial charge in [0.25, 0.3) is 5.56 Å². The van der Waals surface area contributed by atoms with Gasteiger partial charge in [0.2, 0.25) is 5.91 Å². The topological polar surface area (TPSA) is 76.3 Å². The second kappa shape index (κ2) is 6.49. The molecule has 8 nitrogen and oxygen atoms in total. The molecule has 0 unspecified atom stereocenters. The van der Waals surface area contributed by atoms with Crippen molar-refractivity contribution in [3.05, 3.63) is 22.9 Å². The molecule has 0 radical (unpaired) electrons. The first-order valence-corrected chi connectivity index (χ1v) is 7.90. The summed E-state index contributed by atoms with van der Waals surface area (Å²) in [5.41, 5.74) is 0.297. The maximum Gasteiger partial charge on any atom is 0.264 e. The summed E-state index contributed by atoms with van der Waals surface area (Å²) in [6.45, 7) is 3.80. The zero-order chi connectivity index (χ0) is 16.4. The van der Waals surface area contributed by atoms with Gasteiger partial charge in [-0.25, -0.2) is 4.98 Å². The molecule has 0 saturated carbocycles. The molecule has 0 atom stereocenters. The van der Waals surface area contributed by atoms with Crippen molar-refractivity contribution >= 4 is 16.9 Å². The van der Waals surface area contributed by atoms with Gasteiger partial charge in [-0.2, -0.15) is 5.10 Å². The van der Waals surface area contributed by atoms with Crippen LogP contribution in [0.3, 0.4) is 0 Å². The summed E-state index contributed by atoms with van der Waals surface area (Å²) in [6.07, 6.45) is 5.38. The predicted molar refractivity (Wildman–Crippen MR) is 86.1 cm³/mol. The van der Waals surface area contributed by atoms with Gasteiger partial charge in [-0.1, -0.05) is 0 Å². The smallest absolute Gasteiger partial charge is 0.264 e. The molecule has 1 aliphatic rings. The van der Waals surface area contributed by atoms with Crippen molar-refractivity contribution < 1.29 is 4.79 Å². The lowest BCUT2D eigenvalue weighted by Crippen LogP contribution is -2.38. The van der Waals surface area contributed by atoms with Crippen molar-refractivity contribution in [3.63, 3.8) is 0 Å². The SMILES string of the molecule is CN(CCN1CCCC1)C(=O)Cn1cnc2c(cnn2C)c1=O. The van der Waals surface area contributed by atoms with Crippen molar-refractivity contribution in [2.24, 2.45) is 7.05 Å². The average molecular weight is 318 g/mol. The van der Waals surface area contributed by atoms with Crippen LogP contribution in [0.2, 0.25) is 0 Å². The van der Waals surface area contributed by atoms with Gasteiger partial charge in [-0.15, -0.1) is 0 Å². The molecular weight excluding hydrogens is 296 g/mol. The second-order valence-electron chi connectivity index (χ2n) is 6.05. The van der Waals surface area contributed by atoms with Gasteiger partial charge < -0.3 is 9.80 Å². The molecule has 0 aliphatic carbocycles. The number of likely N-dealkylation sites (N-methyl/N-ethyl adjacent to an activating group) is 1. The molecule has 1 amide bonds. The largest absolute Gasteiger partial charge is 0.343 e. The Bertz CT molecular complexity index is 759. The van der Waals surface area contributed by atoms with E-state index in [-0.39, 0.29) is 18.0 Å². The van der Waals surface area contributed by atoms with Gasteiger partial charge >= 0.3 is 0 Å². The van der Waals surface area contributed by atoms with Gasteiger partial charge in [0.15, 0.2) is 5.65 Å². The molecule has 0 N–H and O–H groups in total. The summed E-state index contributed by atoms with van der Waals surface area (Å²) in [4.78, 5) is 32.9. The van der Waals surface area contributed by atoms with Crippen LogP contribution in [0.5, 0.6) is 0 Å². The molecule has 1 saturated heterocycles. The lowest BCUT2D eigenvalue weighted by atomic mass is 10.4. The summed E-state index contributed by atoms with van der Waals surface area (Å²) in [7, 11) is 3.51. The number of aromatic nitrogens is 4. The van der Waals surface area contributed by atoms with Crippen LogP contribution < -0.4 is 5.56 Å². The van der Waals surface area contributed by atoms with E-state index in [0.29, 0.717) is 17.6 Å². The lowest BCUT2D eigenvalue weighted by molar-refractivity contribution is -0.130. The van der Waals surface area contributed by atoms with Gasteiger partial charge in [-0.05, 0) is 25.9 Å². The number of nitrogens with zero attached hydrogens (tertiary/aromatic N) is 6. The number of aryl methyl sites for hydroxylation is 1. The highest BCUT2D eigenvalue weighted by Crippen LogP contribution is 2.07. The Morgan fingerprint density at radius 3 is 2.83 bits per heavy atom. The lowest BCUT2D eigenvalue weighted by Gasteiger charge is -2.21. The Kier molecular flexibility index (Phi) is 4.42. The fraction of sp³-hybridized carbons (Fsp3) is 0.600. The third-order valence-corrected chi connectivity index (χ3v) is 4.40. The van der Waals surface area contributed by atoms with Crippen molar-refractivity contribution in [2.45, 2.75) is 19.4 Å². The first-order valence-electron chi connectivity index (χ1n) is 7.90. The van der Waals surface area contributed by atoms with E-state index in [1.165, 1.54) is 29.9 Å². The molecule has 1 fully saturated rings. The summed E-state index contributed by atoms with van der Waals surface area (Å²) in [5.74, 6) is -0.0867. The van der Waals surface area contributed by atoms with E-state index in [2.05, 4.69) is 15.0 Å². The number of hydrogen-bond acceptors (Lipinski definition) is 5. The van der Waals surface area contributed by atoms with Crippen LogP contribution in [0.25, 0.3) is 11.0 Å². The van der Waals surface area contributed by atoms with Crippen molar-refractivity contribution in [1.82, 2.24) is 29.1 Å². The Balaban J connectivity index is 1.65. The van der Waals surface area contributed by atoms with Gasteiger partial charge in [0.05, 0.1) is 6.20 Å². The Hall–Kier alpha value is -2.22. The maximum atomic E-state index is 12.4. The molecule has 2 aromatic heterocycles. The molecule has 3 rings (SSSR count). The van der Waals surface area contributed by atoms with Crippen molar-refractivity contribution in [2.75, 3.05) is 33.2 Å². The minimum atomic E-state index is -0.232. The number of hydrogen-bond donors (Lipinski definition) is 0. The van der Waals surface area contributed by atoms with Crippen LogP contribution in [-0.2, 0) is 18.4 Å². The number of likely N-dealkylation sites (tertiary alicyclic amines) is 1. The maximum absolute atomic E-state index is 12.4. The Morgan fingerprint density at radius 2 is 2.09 bits per heavy atom. The van der Waals surface area contributed by atoms with E-state index in [1.807, 2.05) is 0 Å². The fourth-order valence-electron chi connectivity index (χ4n) is 2.87. The highest BCUT2D eigenvalue weighted by Gasteiger charge is 2.16. The predicted octanol–water partition coefficient (Wildman–Crippen LogP) is -0.316. The van der Waals surface area contributed by atoms with E-state index in [9.17, 15) is 9.59 Å². The highest BCUT2D eigenvalue weighted by molar-refractivity contribution is 5.77. The van der Waals surface area contributed by atoms with Crippen molar-refractivity contribution in [3.8, 4) is 0 Å². The Labute approximate surface area is 134 Å². The molecule has 1 aliphatic heterocycles. The molecular formula is C15H22N6O2. The molecule has 3 heterocycles. The van der Waals surface area contributed by atoms with E-state index in [4.69, 9.17) is 0 Å². The van der Waals surface area contributed by atoms with Crippen LogP contribution in [0.15, 0.2) is 17.3 Å². The van der Waals surface area contributed by atoms with Crippen LogP contribution in [0.4, 0.5) is 0 Å². The zero-order valence-corrected chi connectivity index (χ0v) is 13.6. The Morgan fingerprint density at radius 1 is 1.35 bits per heavy atom. The van der Waals surface area contributed by atoms with Gasteiger partial charge in [-0.3, -0.25) is 18.8 Å². The van der Waals surface area contributed by atoms with E-state index < -0.39 is 0 Å². The molecule has 0 bridgehead atoms. The van der Waals surface area contributed by atoms with E-state index in [1.54, 1.807) is 23.7 Å². The number of carbonyl (C=O) groups is 1. The molecule has 2 aromatic rings. The number of amides is 1.